The van der Waals surface area contributed by atoms with Gasteiger partial charge in [-0.15, -0.1) is 10.2 Å². The van der Waals surface area contributed by atoms with Crippen LogP contribution in [0.5, 0.6) is 11.5 Å². The molecule has 0 saturated carbocycles. The molecule has 1 aliphatic heterocycles. The van der Waals surface area contributed by atoms with Gasteiger partial charge in [0.15, 0.2) is 22.5 Å². The normalized spacial score (nSPS) is 14.0. The number of carbonyl (C=O) groups excluding carboxylic acids is 1. The SMILES string of the molecule is COc1ccc(CCNC(=O)CSc2nnc(CN3CCCCC3)n2-c2ccccc2)cc1OC. The Balaban J connectivity index is 1.35. The van der Waals surface area contributed by atoms with Crippen molar-refractivity contribution in [1.82, 2.24) is 25.0 Å². The molecule has 0 aliphatic carbocycles. The molecule has 1 N–H and O–H groups in total. The van der Waals surface area contributed by atoms with Gasteiger partial charge in [0.2, 0.25) is 5.91 Å². The van der Waals surface area contributed by atoms with E-state index in [0.29, 0.717) is 24.5 Å². The Bertz CT molecular complexity index is 1100. The molecule has 0 unspecified atom stereocenters. The van der Waals surface area contributed by atoms with Crippen molar-refractivity contribution in [3.8, 4) is 17.2 Å². The number of hydrogen-bond donors (Lipinski definition) is 1. The lowest BCUT2D eigenvalue weighted by Crippen LogP contribution is -2.30. The number of hydrogen-bond acceptors (Lipinski definition) is 7. The summed E-state index contributed by atoms with van der Waals surface area (Å²) >= 11 is 1.41. The van der Waals surface area contributed by atoms with Crippen LogP contribution in [-0.2, 0) is 17.8 Å². The molecule has 1 aliphatic rings. The van der Waals surface area contributed by atoms with Crippen LogP contribution in [0, 0.1) is 0 Å². The number of ether oxygens (including phenoxy) is 2. The molecule has 0 bridgehead atoms. The highest BCUT2D eigenvalue weighted by Crippen LogP contribution is 2.27. The number of aromatic nitrogens is 3. The predicted octanol–water partition coefficient (Wildman–Crippen LogP) is 3.72. The highest BCUT2D eigenvalue weighted by molar-refractivity contribution is 7.99. The first-order chi connectivity index (χ1) is 17.2. The maximum Gasteiger partial charge on any atom is 0.230 e. The van der Waals surface area contributed by atoms with E-state index in [1.54, 1.807) is 14.2 Å². The minimum absolute atomic E-state index is 0.0318. The van der Waals surface area contributed by atoms with Gasteiger partial charge in [-0.2, -0.15) is 0 Å². The number of piperidine rings is 1. The fourth-order valence-corrected chi connectivity index (χ4v) is 5.01. The third-order valence-electron chi connectivity index (χ3n) is 6.04. The van der Waals surface area contributed by atoms with Gasteiger partial charge in [0.1, 0.15) is 0 Å². The molecular weight excluding hydrogens is 462 g/mol. The van der Waals surface area contributed by atoms with Crippen LogP contribution in [0.4, 0.5) is 0 Å². The topological polar surface area (TPSA) is 81.5 Å². The van der Waals surface area contributed by atoms with Crippen molar-refractivity contribution in [2.45, 2.75) is 37.4 Å². The second-order valence-electron chi connectivity index (χ2n) is 8.48. The minimum Gasteiger partial charge on any atom is -0.493 e. The Kier molecular flexibility index (Phi) is 9.02. The van der Waals surface area contributed by atoms with E-state index in [9.17, 15) is 4.79 Å². The van der Waals surface area contributed by atoms with Crippen LogP contribution in [0.2, 0.25) is 0 Å². The van der Waals surface area contributed by atoms with Crippen molar-refractivity contribution < 1.29 is 14.3 Å². The number of para-hydroxylation sites is 1. The van der Waals surface area contributed by atoms with Crippen LogP contribution < -0.4 is 14.8 Å². The van der Waals surface area contributed by atoms with Gasteiger partial charge >= 0.3 is 0 Å². The molecule has 1 aromatic heterocycles. The summed E-state index contributed by atoms with van der Waals surface area (Å²) in [5.41, 5.74) is 2.09. The number of thioether (sulfide) groups is 1. The fourth-order valence-electron chi connectivity index (χ4n) is 4.21. The molecule has 1 amide bonds. The monoisotopic (exact) mass is 495 g/mol. The average molecular weight is 496 g/mol. The van der Waals surface area contributed by atoms with Crippen molar-refractivity contribution in [3.63, 3.8) is 0 Å². The Morgan fingerprint density at radius 3 is 2.51 bits per heavy atom. The number of likely N-dealkylation sites (tertiary alicyclic amines) is 1. The van der Waals surface area contributed by atoms with Crippen LogP contribution >= 0.6 is 11.8 Å². The Morgan fingerprint density at radius 1 is 1.00 bits per heavy atom. The van der Waals surface area contributed by atoms with Gasteiger partial charge in [0.05, 0.1) is 26.5 Å². The number of benzene rings is 2. The summed E-state index contributed by atoms with van der Waals surface area (Å²) in [7, 11) is 3.23. The van der Waals surface area contributed by atoms with E-state index in [2.05, 4.69) is 37.1 Å². The van der Waals surface area contributed by atoms with Crippen LogP contribution in [-0.4, -0.2) is 65.2 Å². The van der Waals surface area contributed by atoms with E-state index in [1.807, 2.05) is 36.4 Å². The summed E-state index contributed by atoms with van der Waals surface area (Å²) in [6, 6.07) is 15.9. The van der Waals surface area contributed by atoms with E-state index in [4.69, 9.17) is 9.47 Å². The summed E-state index contributed by atoms with van der Waals surface area (Å²) in [5.74, 6) is 2.54. The van der Waals surface area contributed by atoms with Crippen molar-refractivity contribution in [1.29, 1.82) is 0 Å². The van der Waals surface area contributed by atoms with E-state index in [-0.39, 0.29) is 11.7 Å². The maximum atomic E-state index is 12.6. The molecule has 0 atom stereocenters. The first-order valence-corrected chi connectivity index (χ1v) is 13.0. The molecular formula is C26H33N5O3S. The first-order valence-electron chi connectivity index (χ1n) is 12.0. The Labute approximate surface area is 211 Å². The largest absolute Gasteiger partial charge is 0.493 e. The van der Waals surface area contributed by atoms with Gasteiger partial charge in [-0.25, -0.2) is 0 Å². The lowest BCUT2D eigenvalue weighted by Gasteiger charge is -2.26. The molecule has 9 heteroatoms. The summed E-state index contributed by atoms with van der Waals surface area (Å²) < 4.78 is 12.7. The Morgan fingerprint density at radius 2 is 1.77 bits per heavy atom. The molecule has 186 valence electrons. The van der Waals surface area contributed by atoms with Crippen molar-refractivity contribution in [2.75, 3.05) is 39.6 Å². The molecule has 1 fully saturated rings. The molecule has 4 rings (SSSR count). The lowest BCUT2D eigenvalue weighted by atomic mass is 10.1. The van der Waals surface area contributed by atoms with Crippen molar-refractivity contribution in [3.05, 3.63) is 59.9 Å². The fraction of sp³-hybridized carbons (Fsp3) is 0.423. The highest BCUT2D eigenvalue weighted by atomic mass is 32.2. The van der Waals surface area contributed by atoms with E-state index in [0.717, 1.165) is 41.9 Å². The standard InChI is InChI=1S/C26H33N5O3S/c1-33-22-12-11-20(17-23(22)34-2)13-14-27-25(32)19-35-26-29-28-24(18-30-15-7-4-8-16-30)31(26)21-9-5-3-6-10-21/h3,5-6,9-12,17H,4,7-8,13-16,18-19H2,1-2H3,(H,27,32). The zero-order valence-electron chi connectivity index (χ0n) is 20.4. The molecule has 3 aromatic rings. The second-order valence-corrected chi connectivity index (χ2v) is 9.43. The third kappa shape index (κ3) is 6.76. The minimum atomic E-state index is -0.0318. The van der Waals surface area contributed by atoms with Gasteiger partial charge in [-0.05, 0) is 62.2 Å². The van der Waals surface area contributed by atoms with Gasteiger partial charge in [-0.1, -0.05) is 42.4 Å². The summed E-state index contributed by atoms with van der Waals surface area (Å²) in [4.78, 5) is 15.0. The zero-order chi connectivity index (χ0) is 24.5. The predicted molar refractivity (Wildman–Crippen MR) is 137 cm³/mol. The number of methoxy groups -OCH3 is 2. The van der Waals surface area contributed by atoms with E-state index in [1.165, 1.54) is 31.0 Å². The maximum absolute atomic E-state index is 12.6. The van der Waals surface area contributed by atoms with Crippen LogP contribution in [0.15, 0.2) is 53.7 Å². The second kappa shape index (κ2) is 12.6. The van der Waals surface area contributed by atoms with Crippen molar-refractivity contribution in [2.24, 2.45) is 0 Å². The highest BCUT2D eigenvalue weighted by Gasteiger charge is 2.19. The smallest absolute Gasteiger partial charge is 0.230 e. The number of carbonyl (C=O) groups is 1. The quantitative estimate of drug-likeness (QED) is 0.406. The summed E-state index contributed by atoms with van der Waals surface area (Å²) in [5, 5.41) is 12.7. The van der Waals surface area contributed by atoms with Crippen LogP contribution in [0.3, 0.4) is 0 Å². The number of nitrogens with one attached hydrogen (secondary N) is 1. The van der Waals surface area contributed by atoms with Crippen LogP contribution in [0.1, 0.15) is 30.7 Å². The summed E-state index contributed by atoms with van der Waals surface area (Å²) in [6.07, 6.45) is 4.45. The van der Waals surface area contributed by atoms with Gasteiger partial charge in [0.25, 0.3) is 0 Å². The molecule has 8 nitrogen and oxygen atoms in total. The average Bonchev–Trinajstić information content (AvgIpc) is 3.30. The van der Waals surface area contributed by atoms with E-state index < -0.39 is 0 Å². The third-order valence-corrected chi connectivity index (χ3v) is 6.97. The van der Waals surface area contributed by atoms with Gasteiger partial charge in [-0.3, -0.25) is 14.3 Å². The first kappa shape index (κ1) is 25.1. The zero-order valence-corrected chi connectivity index (χ0v) is 21.2. The number of nitrogens with zero attached hydrogens (tertiary/aromatic N) is 4. The van der Waals surface area contributed by atoms with E-state index >= 15 is 0 Å². The van der Waals surface area contributed by atoms with Gasteiger partial charge in [0, 0.05) is 12.2 Å². The van der Waals surface area contributed by atoms with Crippen molar-refractivity contribution >= 4 is 17.7 Å². The number of amides is 1. The number of rotatable bonds is 11. The molecule has 0 spiro atoms. The lowest BCUT2D eigenvalue weighted by molar-refractivity contribution is -0.118. The molecule has 2 heterocycles. The molecule has 2 aromatic carbocycles. The van der Waals surface area contributed by atoms with Gasteiger partial charge < -0.3 is 14.8 Å². The molecule has 1 saturated heterocycles. The summed E-state index contributed by atoms with van der Waals surface area (Å²) in [6.45, 7) is 3.49. The Hall–Kier alpha value is -3.04. The molecule has 35 heavy (non-hydrogen) atoms. The van der Waals surface area contributed by atoms with Crippen LogP contribution in [0.25, 0.3) is 5.69 Å². The molecule has 0 radical (unpaired) electrons.